The minimum Gasteiger partial charge on any atom is -0.503 e. The van der Waals surface area contributed by atoms with E-state index in [1.807, 2.05) is 0 Å². The Kier molecular flexibility index (Phi) is 3.54. The molecule has 0 aliphatic heterocycles. The van der Waals surface area contributed by atoms with Crippen LogP contribution in [0.1, 0.15) is 5.56 Å². The first-order chi connectivity index (χ1) is 6.65. The average Bonchev–Trinajstić information content (AvgIpc) is 2.15. The predicted molar refractivity (Wildman–Crippen MR) is 54.1 cm³/mol. The van der Waals surface area contributed by atoms with Gasteiger partial charge in [0.05, 0.1) is 13.4 Å². The quantitative estimate of drug-likeness (QED) is 0.618. The van der Waals surface area contributed by atoms with Gasteiger partial charge in [-0.05, 0) is 17.7 Å². The van der Waals surface area contributed by atoms with Crippen molar-refractivity contribution in [1.29, 1.82) is 0 Å². The molecule has 1 aromatic rings. The molecule has 4 heteroatoms. The fraction of sp³-hybridized carbons (Fsp3) is 0.100. The summed E-state index contributed by atoms with van der Waals surface area (Å²) in [5, 5.41) is 9.41. The van der Waals surface area contributed by atoms with Gasteiger partial charge in [-0.2, -0.15) is 0 Å². The molecule has 1 rings (SSSR count). The van der Waals surface area contributed by atoms with Gasteiger partial charge in [0.2, 0.25) is 0 Å². The second-order valence-electron chi connectivity index (χ2n) is 2.58. The van der Waals surface area contributed by atoms with Crippen molar-refractivity contribution < 1.29 is 14.6 Å². The van der Waals surface area contributed by atoms with Crippen LogP contribution in [0.25, 0.3) is 5.57 Å². The standard InChI is InChI=1S/C10H9ClO3/c1-14-6-9(10(12)13)7-2-4-8(11)5-3-7/h2-6H,1H3,(H,12,13)/b9-6+. The van der Waals surface area contributed by atoms with Crippen molar-refractivity contribution >= 4 is 23.1 Å². The van der Waals surface area contributed by atoms with Gasteiger partial charge in [0.15, 0.2) is 0 Å². The van der Waals surface area contributed by atoms with Crippen LogP contribution >= 0.6 is 11.6 Å². The maximum atomic E-state index is 10.8. The maximum Gasteiger partial charge on any atom is 0.339 e. The summed E-state index contributed by atoms with van der Waals surface area (Å²) in [6.45, 7) is 0. The summed E-state index contributed by atoms with van der Waals surface area (Å²) >= 11 is 5.67. The van der Waals surface area contributed by atoms with Gasteiger partial charge in [0.1, 0.15) is 5.57 Å². The molecule has 0 aliphatic rings. The Labute approximate surface area is 86.6 Å². The molecule has 0 saturated carbocycles. The Bertz CT molecular complexity index is 354. The molecule has 0 bridgehead atoms. The number of aliphatic carboxylic acids is 1. The van der Waals surface area contributed by atoms with Crippen molar-refractivity contribution in [2.75, 3.05) is 7.11 Å². The third-order valence-electron chi connectivity index (χ3n) is 1.62. The fourth-order valence-electron chi connectivity index (χ4n) is 0.989. The van der Waals surface area contributed by atoms with Crippen molar-refractivity contribution in [3.8, 4) is 0 Å². The Balaban J connectivity index is 3.06. The summed E-state index contributed by atoms with van der Waals surface area (Å²) < 4.78 is 4.67. The van der Waals surface area contributed by atoms with E-state index in [0.717, 1.165) is 0 Å². The monoisotopic (exact) mass is 212 g/mol. The van der Waals surface area contributed by atoms with Gasteiger partial charge >= 0.3 is 5.97 Å². The Morgan fingerprint density at radius 2 is 2.00 bits per heavy atom. The number of halogens is 1. The fourth-order valence-corrected chi connectivity index (χ4v) is 1.12. The van der Waals surface area contributed by atoms with Crippen LogP contribution < -0.4 is 0 Å². The van der Waals surface area contributed by atoms with Crippen LogP contribution in [0.4, 0.5) is 0 Å². The van der Waals surface area contributed by atoms with Gasteiger partial charge in [0.25, 0.3) is 0 Å². The molecule has 0 amide bonds. The van der Waals surface area contributed by atoms with Crippen LogP contribution in [0.5, 0.6) is 0 Å². The summed E-state index contributed by atoms with van der Waals surface area (Å²) in [5.74, 6) is -1.03. The largest absolute Gasteiger partial charge is 0.503 e. The lowest BCUT2D eigenvalue weighted by Gasteiger charge is -2.01. The summed E-state index contributed by atoms with van der Waals surface area (Å²) in [5.41, 5.74) is 0.660. The SMILES string of the molecule is CO/C=C(/C(=O)O)c1ccc(Cl)cc1. The lowest BCUT2D eigenvalue weighted by molar-refractivity contribution is -0.130. The highest BCUT2D eigenvalue weighted by atomic mass is 35.5. The second kappa shape index (κ2) is 4.67. The molecule has 0 fully saturated rings. The van der Waals surface area contributed by atoms with Crippen LogP contribution in [-0.2, 0) is 9.53 Å². The molecule has 0 unspecified atom stereocenters. The Morgan fingerprint density at radius 3 is 2.43 bits per heavy atom. The molecule has 0 atom stereocenters. The van der Waals surface area contributed by atoms with E-state index in [-0.39, 0.29) is 5.57 Å². The molecule has 0 spiro atoms. The summed E-state index contributed by atoms with van der Waals surface area (Å²) in [7, 11) is 1.40. The molecule has 1 aromatic carbocycles. The molecule has 0 heterocycles. The number of hydrogen-bond acceptors (Lipinski definition) is 2. The number of carboxylic acids is 1. The molecular formula is C10H9ClO3. The number of ether oxygens (including phenoxy) is 1. The van der Waals surface area contributed by atoms with E-state index >= 15 is 0 Å². The number of rotatable bonds is 3. The average molecular weight is 213 g/mol. The van der Waals surface area contributed by atoms with Crippen molar-refractivity contribution in [2.45, 2.75) is 0 Å². The van der Waals surface area contributed by atoms with Crippen molar-refractivity contribution in [3.63, 3.8) is 0 Å². The van der Waals surface area contributed by atoms with Gasteiger partial charge in [-0.25, -0.2) is 4.79 Å². The molecular weight excluding hydrogens is 204 g/mol. The molecule has 0 aliphatic carbocycles. The normalized spacial score (nSPS) is 11.1. The zero-order valence-corrected chi connectivity index (χ0v) is 8.28. The third kappa shape index (κ3) is 2.50. The van der Waals surface area contributed by atoms with E-state index in [4.69, 9.17) is 16.7 Å². The number of methoxy groups -OCH3 is 1. The van der Waals surface area contributed by atoms with Gasteiger partial charge in [0, 0.05) is 5.02 Å². The highest BCUT2D eigenvalue weighted by molar-refractivity contribution is 6.30. The van der Waals surface area contributed by atoms with Crippen molar-refractivity contribution in [1.82, 2.24) is 0 Å². The molecule has 1 N–H and O–H groups in total. The summed E-state index contributed by atoms with van der Waals surface area (Å²) in [6.07, 6.45) is 1.19. The van der Waals surface area contributed by atoms with Crippen molar-refractivity contribution in [3.05, 3.63) is 41.1 Å². The van der Waals surface area contributed by atoms with Gasteiger partial charge in [-0.15, -0.1) is 0 Å². The second-order valence-corrected chi connectivity index (χ2v) is 3.02. The molecule has 3 nitrogen and oxygen atoms in total. The molecule has 0 radical (unpaired) electrons. The van der Waals surface area contributed by atoms with E-state index in [0.29, 0.717) is 10.6 Å². The van der Waals surface area contributed by atoms with Crippen molar-refractivity contribution in [2.24, 2.45) is 0 Å². The Hall–Kier alpha value is -1.48. The first-order valence-corrected chi connectivity index (χ1v) is 4.25. The molecule has 0 saturated heterocycles. The highest BCUT2D eigenvalue weighted by Crippen LogP contribution is 2.17. The molecule has 0 aromatic heterocycles. The van der Waals surface area contributed by atoms with E-state index in [1.165, 1.54) is 13.4 Å². The number of carboxylic acid groups (broad SMARTS) is 1. The van der Waals surface area contributed by atoms with E-state index in [9.17, 15) is 4.79 Å². The van der Waals surface area contributed by atoms with Gasteiger partial charge in [-0.3, -0.25) is 0 Å². The summed E-state index contributed by atoms with van der Waals surface area (Å²) in [6, 6.07) is 6.51. The van der Waals surface area contributed by atoms with Crippen LogP contribution in [0.3, 0.4) is 0 Å². The topological polar surface area (TPSA) is 46.5 Å². The predicted octanol–water partition coefficient (Wildman–Crippen LogP) is 2.41. The van der Waals surface area contributed by atoms with Gasteiger partial charge in [-0.1, -0.05) is 23.7 Å². The molecule has 14 heavy (non-hydrogen) atoms. The van der Waals surface area contributed by atoms with Crippen LogP contribution in [0.2, 0.25) is 5.02 Å². The minimum atomic E-state index is -1.03. The van der Waals surface area contributed by atoms with E-state index in [1.54, 1.807) is 24.3 Å². The zero-order valence-electron chi connectivity index (χ0n) is 7.53. The smallest absolute Gasteiger partial charge is 0.339 e. The number of carbonyl (C=O) groups is 1. The number of hydrogen-bond donors (Lipinski definition) is 1. The lowest BCUT2D eigenvalue weighted by Crippen LogP contribution is -1.99. The van der Waals surface area contributed by atoms with Crippen LogP contribution in [-0.4, -0.2) is 18.2 Å². The van der Waals surface area contributed by atoms with E-state index < -0.39 is 5.97 Å². The molecule has 74 valence electrons. The first kappa shape index (κ1) is 10.6. The lowest BCUT2D eigenvalue weighted by atomic mass is 10.1. The minimum absolute atomic E-state index is 0.101. The van der Waals surface area contributed by atoms with Crippen LogP contribution in [0.15, 0.2) is 30.5 Å². The number of benzene rings is 1. The Morgan fingerprint density at radius 1 is 1.43 bits per heavy atom. The highest BCUT2D eigenvalue weighted by Gasteiger charge is 2.09. The zero-order chi connectivity index (χ0) is 10.6. The van der Waals surface area contributed by atoms with E-state index in [2.05, 4.69) is 4.74 Å². The van der Waals surface area contributed by atoms with Crippen LogP contribution in [0, 0.1) is 0 Å². The third-order valence-corrected chi connectivity index (χ3v) is 1.87. The summed E-state index contributed by atoms with van der Waals surface area (Å²) in [4.78, 5) is 10.8. The first-order valence-electron chi connectivity index (χ1n) is 3.87. The van der Waals surface area contributed by atoms with Gasteiger partial charge < -0.3 is 9.84 Å². The maximum absolute atomic E-state index is 10.8.